The van der Waals surface area contributed by atoms with Crippen molar-refractivity contribution in [3.8, 4) is 0 Å². The van der Waals surface area contributed by atoms with E-state index in [1.165, 1.54) is 0 Å². The Morgan fingerprint density at radius 1 is 1.17 bits per heavy atom. The number of allylic oxidation sites excluding steroid dienone is 1. The number of benzene rings is 1. The summed E-state index contributed by atoms with van der Waals surface area (Å²) >= 11 is 0. The van der Waals surface area contributed by atoms with E-state index in [1.807, 2.05) is 64.1 Å². The maximum atomic E-state index is 11.9. The largest absolute Gasteiger partial charge is 0.456 e. The van der Waals surface area contributed by atoms with Gasteiger partial charge in [-0.3, -0.25) is 0 Å². The highest BCUT2D eigenvalue weighted by molar-refractivity contribution is 5.93. The minimum Gasteiger partial charge on any atom is -0.456 e. The average molecular weight is 244 g/mol. The maximum Gasteiger partial charge on any atom is 0.338 e. The number of carbonyl (C=O) groups is 1. The Labute approximate surface area is 109 Å². The molecule has 0 atom stereocenters. The van der Waals surface area contributed by atoms with Gasteiger partial charge in [0.1, 0.15) is 5.60 Å². The third-order valence-electron chi connectivity index (χ3n) is 2.20. The van der Waals surface area contributed by atoms with Crippen molar-refractivity contribution < 1.29 is 9.53 Å². The van der Waals surface area contributed by atoms with Gasteiger partial charge in [0.15, 0.2) is 0 Å². The SMILES string of the molecule is CC=C(C=Cc1ccccc1)C(=O)OC(C)(C)C. The minimum atomic E-state index is -0.466. The lowest BCUT2D eigenvalue weighted by molar-refractivity contribution is -0.149. The highest BCUT2D eigenvalue weighted by Crippen LogP contribution is 2.13. The van der Waals surface area contributed by atoms with E-state index in [2.05, 4.69) is 0 Å². The van der Waals surface area contributed by atoms with E-state index >= 15 is 0 Å². The predicted molar refractivity (Wildman–Crippen MR) is 75.1 cm³/mol. The van der Waals surface area contributed by atoms with Gasteiger partial charge in [-0.15, -0.1) is 0 Å². The summed E-state index contributed by atoms with van der Waals surface area (Å²) in [4.78, 5) is 11.9. The lowest BCUT2D eigenvalue weighted by Gasteiger charge is -2.19. The van der Waals surface area contributed by atoms with Crippen LogP contribution in [0.25, 0.3) is 6.08 Å². The molecule has 0 saturated carbocycles. The van der Waals surface area contributed by atoms with Crippen molar-refractivity contribution in [2.24, 2.45) is 0 Å². The van der Waals surface area contributed by atoms with Crippen LogP contribution in [0, 0.1) is 0 Å². The van der Waals surface area contributed by atoms with Crippen LogP contribution in [0.1, 0.15) is 33.3 Å². The average Bonchev–Trinajstić information content (AvgIpc) is 2.29. The monoisotopic (exact) mass is 244 g/mol. The highest BCUT2D eigenvalue weighted by atomic mass is 16.6. The summed E-state index contributed by atoms with van der Waals surface area (Å²) in [6.45, 7) is 7.41. The summed E-state index contributed by atoms with van der Waals surface area (Å²) in [6.07, 6.45) is 5.44. The molecule has 0 amide bonds. The molecule has 0 spiro atoms. The van der Waals surface area contributed by atoms with Gasteiger partial charge in [0.05, 0.1) is 5.57 Å². The number of hydrogen-bond donors (Lipinski definition) is 0. The lowest BCUT2D eigenvalue weighted by atomic mass is 10.1. The van der Waals surface area contributed by atoms with Crippen molar-refractivity contribution in [1.82, 2.24) is 0 Å². The fourth-order valence-corrected chi connectivity index (χ4v) is 1.37. The van der Waals surface area contributed by atoms with Crippen LogP contribution in [0.2, 0.25) is 0 Å². The highest BCUT2D eigenvalue weighted by Gasteiger charge is 2.17. The molecular weight excluding hydrogens is 224 g/mol. The Morgan fingerprint density at radius 2 is 1.78 bits per heavy atom. The first-order valence-electron chi connectivity index (χ1n) is 6.05. The van der Waals surface area contributed by atoms with E-state index in [4.69, 9.17) is 4.74 Å². The molecule has 0 radical (unpaired) electrons. The fourth-order valence-electron chi connectivity index (χ4n) is 1.37. The van der Waals surface area contributed by atoms with Crippen molar-refractivity contribution in [2.75, 3.05) is 0 Å². The fraction of sp³-hybridized carbons (Fsp3) is 0.312. The molecule has 0 N–H and O–H groups in total. The quantitative estimate of drug-likeness (QED) is 0.456. The van der Waals surface area contributed by atoms with Crippen molar-refractivity contribution >= 4 is 12.0 Å². The van der Waals surface area contributed by atoms with Crippen LogP contribution in [0.15, 0.2) is 48.1 Å². The zero-order chi connectivity index (χ0) is 13.6. The van der Waals surface area contributed by atoms with Crippen LogP contribution in [-0.4, -0.2) is 11.6 Å². The second-order valence-corrected chi connectivity index (χ2v) is 4.99. The van der Waals surface area contributed by atoms with Gasteiger partial charge in [-0.05, 0) is 39.3 Å². The molecule has 0 heterocycles. The molecule has 0 bridgehead atoms. The van der Waals surface area contributed by atoms with E-state index in [1.54, 1.807) is 12.2 Å². The molecular formula is C16H20O2. The summed E-state index contributed by atoms with van der Waals surface area (Å²) in [5.74, 6) is -0.294. The standard InChI is InChI=1S/C16H20O2/c1-5-14(15(17)18-16(2,3)4)12-11-13-9-7-6-8-10-13/h5-12H,1-4H3. The van der Waals surface area contributed by atoms with Gasteiger partial charge in [0.25, 0.3) is 0 Å². The van der Waals surface area contributed by atoms with Crippen molar-refractivity contribution in [2.45, 2.75) is 33.3 Å². The molecule has 0 aliphatic rings. The van der Waals surface area contributed by atoms with Crippen LogP contribution in [-0.2, 0) is 9.53 Å². The Morgan fingerprint density at radius 3 is 2.28 bits per heavy atom. The molecule has 0 aliphatic heterocycles. The Kier molecular flexibility index (Phi) is 4.90. The molecule has 2 nitrogen and oxygen atoms in total. The molecule has 1 aromatic rings. The topological polar surface area (TPSA) is 26.3 Å². The number of esters is 1. The van der Waals surface area contributed by atoms with Gasteiger partial charge < -0.3 is 4.74 Å². The first-order valence-corrected chi connectivity index (χ1v) is 6.05. The first-order chi connectivity index (χ1) is 8.42. The molecule has 18 heavy (non-hydrogen) atoms. The normalized spacial score (nSPS) is 12.8. The third kappa shape index (κ3) is 5.00. The second kappa shape index (κ2) is 6.20. The number of carbonyl (C=O) groups excluding carboxylic acids is 1. The van der Waals surface area contributed by atoms with Gasteiger partial charge in [0.2, 0.25) is 0 Å². The van der Waals surface area contributed by atoms with E-state index in [0.717, 1.165) is 5.56 Å². The molecule has 1 aromatic carbocycles. The lowest BCUT2D eigenvalue weighted by Crippen LogP contribution is -2.24. The van der Waals surface area contributed by atoms with Gasteiger partial charge in [-0.25, -0.2) is 4.79 Å². The molecule has 0 aliphatic carbocycles. The smallest absolute Gasteiger partial charge is 0.338 e. The summed E-state index contributed by atoms with van der Waals surface area (Å²) < 4.78 is 5.32. The van der Waals surface area contributed by atoms with Crippen molar-refractivity contribution in [3.63, 3.8) is 0 Å². The summed E-state index contributed by atoms with van der Waals surface area (Å²) in [5, 5.41) is 0. The maximum absolute atomic E-state index is 11.9. The number of hydrogen-bond acceptors (Lipinski definition) is 2. The summed E-state index contributed by atoms with van der Waals surface area (Å²) in [5.41, 5.74) is 1.15. The van der Waals surface area contributed by atoms with E-state index < -0.39 is 5.60 Å². The minimum absolute atomic E-state index is 0.294. The predicted octanol–water partition coefficient (Wildman–Crippen LogP) is 3.99. The molecule has 96 valence electrons. The van der Waals surface area contributed by atoms with Crippen LogP contribution in [0.5, 0.6) is 0 Å². The van der Waals surface area contributed by atoms with Gasteiger partial charge in [-0.1, -0.05) is 42.5 Å². The molecule has 0 unspecified atom stereocenters. The molecule has 0 fully saturated rings. The van der Waals surface area contributed by atoms with Crippen LogP contribution in [0.3, 0.4) is 0 Å². The van der Waals surface area contributed by atoms with Crippen LogP contribution >= 0.6 is 0 Å². The zero-order valence-electron chi connectivity index (χ0n) is 11.4. The third-order valence-corrected chi connectivity index (χ3v) is 2.20. The van der Waals surface area contributed by atoms with Crippen LogP contribution in [0.4, 0.5) is 0 Å². The number of rotatable bonds is 3. The Hall–Kier alpha value is -1.83. The van der Waals surface area contributed by atoms with E-state index in [-0.39, 0.29) is 5.97 Å². The van der Waals surface area contributed by atoms with Crippen molar-refractivity contribution in [1.29, 1.82) is 0 Å². The Bertz CT molecular complexity index is 448. The number of ether oxygens (including phenoxy) is 1. The molecule has 2 heteroatoms. The summed E-state index contributed by atoms with van der Waals surface area (Å²) in [6, 6.07) is 9.85. The van der Waals surface area contributed by atoms with E-state index in [0.29, 0.717) is 5.57 Å². The Balaban J connectivity index is 2.75. The first kappa shape index (κ1) is 14.2. The molecule has 0 aromatic heterocycles. The van der Waals surface area contributed by atoms with Crippen LogP contribution < -0.4 is 0 Å². The van der Waals surface area contributed by atoms with Crippen molar-refractivity contribution in [3.05, 3.63) is 53.6 Å². The van der Waals surface area contributed by atoms with Gasteiger partial charge in [0, 0.05) is 0 Å². The zero-order valence-corrected chi connectivity index (χ0v) is 11.4. The second-order valence-electron chi connectivity index (χ2n) is 4.99. The summed E-state index contributed by atoms with van der Waals surface area (Å²) in [7, 11) is 0. The van der Waals surface area contributed by atoms with Gasteiger partial charge >= 0.3 is 5.97 Å². The van der Waals surface area contributed by atoms with E-state index in [9.17, 15) is 4.79 Å². The molecule has 0 saturated heterocycles. The molecule has 1 rings (SSSR count). The van der Waals surface area contributed by atoms with Gasteiger partial charge in [-0.2, -0.15) is 0 Å².